The smallest absolute Gasteiger partial charge is 0.253 e. The van der Waals surface area contributed by atoms with Gasteiger partial charge < -0.3 is 24.1 Å². The van der Waals surface area contributed by atoms with Gasteiger partial charge in [0.1, 0.15) is 11.6 Å². The number of imidazole rings is 1. The van der Waals surface area contributed by atoms with E-state index in [9.17, 15) is 4.79 Å². The number of aromatic nitrogens is 3. The second-order valence-corrected chi connectivity index (χ2v) is 6.67. The molecule has 0 spiro atoms. The Kier molecular flexibility index (Phi) is 5.14. The number of carbonyl (C=O) groups is 1. The van der Waals surface area contributed by atoms with Gasteiger partial charge in [-0.1, -0.05) is 0 Å². The second kappa shape index (κ2) is 7.69. The van der Waals surface area contributed by atoms with Gasteiger partial charge >= 0.3 is 0 Å². The third kappa shape index (κ3) is 3.44. The van der Waals surface area contributed by atoms with E-state index in [0.29, 0.717) is 31.4 Å². The molecule has 26 heavy (non-hydrogen) atoms. The minimum absolute atomic E-state index is 0.103. The first-order valence-corrected chi connectivity index (χ1v) is 9.16. The van der Waals surface area contributed by atoms with Crippen LogP contribution in [0.25, 0.3) is 11.2 Å². The molecule has 140 valence electrons. The largest absolute Gasteiger partial charge is 0.381 e. The van der Waals surface area contributed by atoms with E-state index in [2.05, 4.69) is 19.9 Å². The SMILES string of the molecule is CCO[C@H]1COC[C@@H]1NC(=O)c1cnc2c(c1)ncn2C1CCOCC1. The van der Waals surface area contributed by atoms with Crippen molar-refractivity contribution in [1.82, 2.24) is 19.9 Å². The molecule has 8 nitrogen and oxygen atoms in total. The molecular formula is C18H24N4O4. The molecule has 2 aliphatic heterocycles. The van der Waals surface area contributed by atoms with Gasteiger partial charge in [-0.15, -0.1) is 0 Å². The van der Waals surface area contributed by atoms with Crippen molar-refractivity contribution < 1.29 is 19.0 Å². The van der Waals surface area contributed by atoms with E-state index in [1.54, 1.807) is 12.3 Å². The number of amides is 1. The first kappa shape index (κ1) is 17.4. The predicted molar refractivity (Wildman–Crippen MR) is 94.1 cm³/mol. The maximum Gasteiger partial charge on any atom is 0.253 e. The van der Waals surface area contributed by atoms with E-state index in [1.807, 2.05) is 13.3 Å². The summed E-state index contributed by atoms with van der Waals surface area (Å²) in [5.74, 6) is -0.180. The Bertz CT molecular complexity index is 772. The van der Waals surface area contributed by atoms with Crippen LogP contribution in [-0.2, 0) is 14.2 Å². The van der Waals surface area contributed by atoms with Crippen LogP contribution in [0.1, 0.15) is 36.2 Å². The minimum Gasteiger partial charge on any atom is -0.381 e. The maximum absolute atomic E-state index is 12.6. The summed E-state index contributed by atoms with van der Waals surface area (Å²) in [6, 6.07) is 2.00. The van der Waals surface area contributed by atoms with Crippen LogP contribution in [0.5, 0.6) is 0 Å². The van der Waals surface area contributed by atoms with Crippen LogP contribution in [0.3, 0.4) is 0 Å². The molecule has 0 aliphatic carbocycles. The fourth-order valence-electron chi connectivity index (χ4n) is 3.57. The van der Waals surface area contributed by atoms with Crippen LogP contribution in [-0.4, -0.2) is 65.6 Å². The van der Waals surface area contributed by atoms with Gasteiger partial charge in [-0.2, -0.15) is 0 Å². The molecule has 2 saturated heterocycles. The van der Waals surface area contributed by atoms with Crippen molar-refractivity contribution in [3.8, 4) is 0 Å². The lowest BCUT2D eigenvalue weighted by molar-refractivity contribution is 0.0402. The summed E-state index contributed by atoms with van der Waals surface area (Å²) in [4.78, 5) is 21.5. The van der Waals surface area contributed by atoms with Gasteiger partial charge in [0.2, 0.25) is 0 Å². The predicted octanol–water partition coefficient (Wildman–Crippen LogP) is 1.32. The quantitative estimate of drug-likeness (QED) is 0.865. The highest BCUT2D eigenvalue weighted by Gasteiger charge is 2.30. The first-order chi connectivity index (χ1) is 12.8. The number of fused-ring (bicyclic) bond motifs is 1. The molecule has 2 aromatic rings. The van der Waals surface area contributed by atoms with Crippen LogP contribution in [0.15, 0.2) is 18.6 Å². The number of carbonyl (C=O) groups excluding carboxylic acids is 1. The fraction of sp³-hybridized carbons (Fsp3) is 0.611. The van der Waals surface area contributed by atoms with Crippen LogP contribution >= 0.6 is 0 Å². The highest BCUT2D eigenvalue weighted by atomic mass is 16.5. The number of nitrogens with zero attached hydrogens (tertiary/aromatic N) is 3. The molecule has 2 aromatic heterocycles. The average molecular weight is 360 g/mol. The Morgan fingerprint density at radius 1 is 1.31 bits per heavy atom. The molecule has 1 N–H and O–H groups in total. The summed E-state index contributed by atoms with van der Waals surface area (Å²) in [7, 11) is 0. The lowest BCUT2D eigenvalue weighted by Crippen LogP contribution is -2.43. The van der Waals surface area contributed by atoms with Crippen LogP contribution in [0.2, 0.25) is 0 Å². The summed E-state index contributed by atoms with van der Waals surface area (Å²) in [6.07, 6.45) is 5.23. The van der Waals surface area contributed by atoms with Gasteiger partial charge in [0, 0.05) is 32.1 Å². The summed E-state index contributed by atoms with van der Waals surface area (Å²) in [5, 5.41) is 2.98. The lowest BCUT2D eigenvalue weighted by atomic mass is 10.1. The van der Waals surface area contributed by atoms with Gasteiger partial charge in [-0.05, 0) is 25.8 Å². The van der Waals surface area contributed by atoms with Crippen molar-refractivity contribution in [2.75, 3.05) is 33.0 Å². The number of hydrogen-bond donors (Lipinski definition) is 1. The highest BCUT2D eigenvalue weighted by Crippen LogP contribution is 2.24. The van der Waals surface area contributed by atoms with Gasteiger partial charge in [0.25, 0.3) is 5.91 Å². The summed E-state index contributed by atoms with van der Waals surface area (Å²) in [6.45, 7) is 5.02. The van der Waals surface area contributed by atoms with E-state index in [4.69, 9.17) is 14.2 Å². The zero-order valence-corrected chi connectivity index (χ0v) is 14.9. The van der Waals surface area contributed by atoms with Gasteiger partial charge in [-0.25, -0.2) is 9.97 Å². The van der Waals surface area contributed by atoms with Crippen molar-refractivity contribution in [2.45, 2.75) is 38.0 Å². The molecule has 0 saturated carbocycles. The van der Waals surface area contributed by atoms with E-state index < -0.39 is 0 Å². The van der Waals surface area contributed by atoms with E-state index in [1.165, 1.54) is 0 Å². The Labute approximate surface area is 151 Å². The van der Waals surface area contributed by atoms with E-state index in [0.717, 1.165) is 37.2 Å². The lowest BCUT2D eigenvalue weighted by Gasteiger charge is -2.23. The maximum atomic E-state index is 12.6. The molecule has 4 rings (SSSR count). The zero-order chi connectivity index (χ0) is 17.9. The Morgan fingerprint density at radius 3 is 2.96 bits per heavy atom. The van der Waals surface area contributed by atoms with E-state index >= 15 is 0 Å². The third-order valence-electron chi connectivity index (χ3n) is 4.98. The van der Waals surface area contributed by atoms with E-state index in [-0.39, 0.29) is 18.1 Å². The Balaban J connectivity index is 1.49. The van der Waals surface area contributed by atoms with Crippen LogP contribution < -0.4 is 5.32 Å². The number of nitrogens with one attached hydrogen (secondary N) is 1. The van der Waals surface area contributed by atoms with Gasteiger partial charge in [-0.3, -0.25) is 4.79 Å². The van der Waals surface area contributed by atoms with Crippen molar-refractivity contribution >= 4 is 17.1 Å². The van der Waals surface area contributed by atoms with Crippen molar-refractivity contribution in [1.29, 1.82) is 0 Å². The Hall–Kier alpha value is -2.03. The number of ether oxygens (including phenoxy) is 3. The van der Waals surface area contributed by atoms with Crippen LogP contribution in [0.4, 0.5) is 0 Å². The van der Waals surface area contributed by atoms with Crippen LogP contribution in [0, 0.1) is 0 Å². The average Bonchev–Trinajstić information content (AvgIpc) is 3.29. The van der Waals surface area contributed by atoms with Crippen molar-refractivity contribution in [3.63, 3.8) is 0 Å². The van der Waals surface area contributed by atoms with Gasteiger partial charge in [0.15, 0.2) is 5.65 Å². The number of hydrogen-bond acceptors (Lipinski definition) is 6. The molecule has 2 fully saturated rings. The molecule has 0 bridgehead atoms. The molecule has 0 aromatic carbocycles. The fourth-order valence-corrected chi connectivity index (χ4v) is 3.57. The minimum atomic E-state index is -0.180. The molecule has 2 atom stereocenters. The normalized spacial score (nSPS) is 24.2. The summed E-state index contributed by atoms with van der Waals surface area (Å²) < 4.78 is 18.5. The van der Waals surface area contributed by atoms with Crippen molar-refractivity contribution in [3.05, 3.63) is 24.2 Å². The molecule has 0 radical (unpaired) electrons. The molecule has 1 amide bonds. The highest BCUT2D eigenvalue weighted by molar-refractivity contribution is 5.96. The van der Waals surface area contributed by atoms with Gasteiger partial charge in [0.05, 0.1) is 31.1 Å². The zero-order valence-electron chi connectivity index (χ0n) is 14.9. The molecule has 8 heteroatoms. The molecular weight excluding hydrogens is 336 g/mol. The monoisotopic (exact) mass is 360 g/mol. The summed E-state index contributed by atoms with van der Waals surface area (Å²) >= 11 is 0. The third-order valence-corrected chi connectivity index (χ3v) is 4.98. The number of rotatable bonds is 5. The molecule has 0 unspecified atom stereocenters. The Morgan fingerprint density at radius 2 is 2.15 bits per heavy atom. The topological polar surface area (TPSA) is 87.5 Å². The number of pyridine rings is 1. The standard InChI is InChI=1S/C18H24N4O4/c1-2-26-16-10-25-9-15(16)21-18(23)12-7-14-17(19-8-12)22(11-20-14)13-3-5-24-6-4-13/h7-8,11,13,15-16H,2-6,9-10H2,1H3,(H,21,23)/t15-,16-/m0/s1. The molecule has 4 heterocycles. The van der Waals surface area contributed by atoms with Crippen molar-refractivity contribution in [2.24, 2.45) is 0 Å². The molecule has 2 aliphatic rings. The first-order valence-electron chi connectivity index (χ1n) is 9.16. The summed E-state index contributed by atoms with van der Waals surface area (Å²) in [5.41, 5.74) is 2.04. The second-order valence-electron chi connectivity index (χ2n) is 6.67.